The molecule has 0 fully saturated rings. The highest BCUT2D eigenvalue weighted by molar-refractivity contribution is 6.18. The normalized spacial score (nSPS) is 12.2. The number of benzene rings is 7. The quantitative estimate of drug-likeness (QED) is 0.215. The molecule has 0 bridgehead atoms. The number of hydrogen-bond acceptors (Lipinski definition) is 3. The van der Waals surface area contributed by atoms with Crippen molar-refractivity contribution in [2.24, 2.45) is 0 Å². The van der Waals surface area contributed by atoms with Crippen LogP contribution < -0.4 is 0 Å². The Bertz CT molecular complexity index is 2630. The van der Waals surface area contributed by atoms with Crippen molar-refractivity contribution in [3.05, 3.63) is 133 Å². The van der Waals surface area contributed by atoms with Crippen molar-refractivity contribution in [1.29, 1.82) is 0 Å². The van der Waals surface area contributed by atoms with Crippen LogP contribution in [0.4, 0.5) is 0 Å². The van der Waals surface area contributed by atoms with Crippen LogP contribution in [0.2, 0.25) is 0 Å². The molecule has 0 aliphatic rings. The summed E-state index contributed by atoms with van der Waals surface area (Å²) < 4.78 is 14.7. The fourth-order valence-electron chi connectivity index (χ4n) is 6.74. The Morgan fingerprint density at radius 3 is 1.72 bits per heavy atom. The van der Waals surface area contributed by atoms with Gasteiger partial charge in [-0.3, -0.25) is 0 Å². The van der Waals surface area contributed by atoms with Gasteiger partial charge in [0.05, 0.1) is 16.4 Å². The Morgan fingerprint density at radius 1 is 0.465 bits per heavy atom. The van der Waals surface area contributed by atoms with Gasteiger partial charge in [-0.2, -0.15) is 0 Å². The van der Waals surface area contributed by atoms with Gasteiger partial charge in [0.25, 0.3) is 0 Å². The summed E-state index contributed by atoms with van der Waals surface area (Å²) >= 11 is 0. The van der Waals surface area contributed by atoms with Gasteiger partial charge in [0.2, 0.25) is 5.89 Å². The van der Waals surface area contributed by atoms with Crippen LogP contribution >= 0.6 is 0 Å². The van der Waals surface area contributed by atoms with E-state index in [-0.39, 0.29) is 0 Å². The lowest BCUT2D eigenvalue weighted by Crippen LogP contribution is -1.94. The number of aromatic nitrogens is 2. The van der Waals surface area contributed by atoms with Crippen LogP contribution in [0.1, 0.15) is 0 Å². The molecule has 0 aliphatic carbocycles. The van der Waals surface area contributed by atoms with E-state index in [2.05, 4.69) is 108 Å². The predicted molar refractivity (Wildman–Crippen MR) is 176 cm³/mol. The van der Waals surface area contributed by atoms with Crippen LogP contribution in [0.3, 0.4) is 0 Å². The van der Waals surface area contributed by atoms with Crippen molar-refractivity contribution >= 4 is 76.4 Å². The van der Waals surface area contributed by atoms with E-state index in [1.807, 2.05) is 30.3 Å². The molecule has 0 N–H and O–H groups in total. The molecular formula is C39H22N2O2. The van der Waals surface area contributed by atoms with Gasteiger partial charge in [-0.1, -0.05) is 66.7 Å². The van der Waals surface area contributed by atoms with Crippen molar-refractivity contribution < 1.29 is 8.83 Å². The maximum Gasteiger partial charge on any atom is 0.227 e. The van der Waals surface area contributed by atoms with Crippen molar-refractivity contribution in [2.75, 3.05) is 0 Å². The van der Waals surface area contributed by atoms with Crippen molar-refractivity contribution in [3.63, 3.8) is 0 Å². The molecule has 0 spiro atoms. The van der Waals surface area contributed by atoms with Crippen LogP contribution in [0, 0.1) is 0 Å². The van der Waals surface area contributed by atoms with Gasteiger partial charge < -0.3 is 13.4 Å². The third kappa shape index (κ3) is 3.23. The summed E-state index contributed by atoms with van der Waals surface area (Å²) in [6.07, 6.45) is 0. The summed E-state index contributed by atoms with van der Waals surface area (Å²) in [7, 11) is 0. The molecule has 10 rings (SSSR count). The average Bonchev–Trinajstić information content (AvgIpc) is 3.74. The summed E-state index contributed by atoms with van der Waals surface area (Å²) in [5, 5.41) is 9.47. The number of furan rings is 1. The number of para-hydroxylation sites is 1. The molecule has 3 heterocycles. The zero-order chi connectivity index (χ0) is 28.1. The summed E-state index contributed by atoms with van der Waals surface area (Å²) in [5.41, 5.74) is 7.63. The second kappa shape index (κ2) is 8.34. The third-order valence-corrected chi connectivity index (χ3v) is 8.77. The molecular weight excluding hydrogens is 528 g/mol. The molecule has 4 heteroatoms. The minimum absolute atomic E-state index is 0.596. The number of fused-ring (bicyclic) bond motifs is 10. The largest absolute Gasteiger partial charge is 0.456 e. The maximum absolute atomic E-state index is 6.29. The molecule has 0 saturated carbocycles. The van der Waals surface area contributed by atoms with Crippen LogP contribution in [0.25, 0.3) is 93.5 Å². The number of hydrogen-bond donors (Lipinski definition) is 0. The second-order valence-electron chi connectivity index (χ2n) is 11.2. The molecule has 0 unspecified atom stereocenters. The Morgan fingerprint density at radius 2 is 1.05 bits per heavy atom. The summed E-state index contributed by atoms with van der Waals surface area (Å²) in [6, 6.07) is 46.9. The van der Waals surface area contributed by atoms with Gasteiger partial charge in [-0.15, -0.1) is 0 Å². The van der Waals surface area contributed by atoms with Crippen molar-refractivity contribution in [1.82, 2.24) is 9.55 Å². The lowest BCUT2D eigenvalue weighted by Gasteiger charge is -2.09. The SMILES string of the molecule is c1ccc2cc3c(cc2c1)c1cc2ccccc2cc1n3-c1ccc(-c2nc3c(ccc4oc5ccccc5c43)o2)cc1. The first kappa shape index (κ1) is 22.8. The minimum atomic E-state index is 0.596. The van der Waals surface area contributed by atoms with E-state index in [4.69, 9.17) is 13.8 Å². The maximum atomic E-state index is 6.29. The first-order valence-corrected chi connectivity index (χ1v) is 14.5. The molecule has 43 heavy (non-hydrogen) atoms. The smallest absolute Gasteiger partial charge is 0.227 e. The zero-order valence-corrected chi connectivity index (χ0v) is 22.9. The molecule has 3 aromatic heterocycles. The van der Waals surface area contributed by atoms with E-state index in [0.29, 0.717) is 5.89 Å². The average molecular weight is 551 g/mol. The van der Waals surface area contributed by atoms with E-state index in [0.717, 1.165) is 44.3 Å². The van der Waals surface area contributed by atoms with Gasteiger partial charge in [-0.05, 0) is 88.3 Å². The van der Waals surface area contributed by atoms with Gasteiger partial charge >= 0.3 is 0 Å². The molecule has 0 radical (unpaired) electrons. The summed E-state index contributed by atoms with van der Waals surface area (Å²) in [5.74, 6) is 0.596. The first-order valence-electron chi connectivity index (χ1n) is 14.5. The van der Waals surface area contributed by atoms with Crippen LogP contribution in [0.15, 0.2) is 142 Å². The fourth-order valence-corrected chi connectivity index (χ4v) is 6.74. The highest BCUT2D eigenvalue weighted by atomic mass is 16.4. The summed E-state index contributed by atoms with van der Waals surface area (Å²) in [6.45, 7) is 0. The number of nitrogens with zero attached hydrogens (tertiary/aromatic N) is 2. The second-order valence-corrected chi connectivity index (χ2v) is 11.2. The molecule has 0 atom stereocenters. The van der Waals surface area contributed by atoms with Gasteiger partial charge in [0.15, 0.2) is 5.58 Å². The van der Waals surface area contributed by atoms with Gasteiger partial charge in [0.1, 0.15) is 16.7 Å². The van der Waals surface area contributed by atoms with Crippen LogP contribution in [-0.4, -0.2) is 9.55 Å². The topological polar surface area (TPSA) is 44.1 Å². The number of oxazole rings is 1. The Labute approximate surface area is 245 Å². The molecule has 0 amide bonds. The van der Waals surface area contributed by atoms with E-state index >= 15 is 0 Å². The minimum Gasteiger partial charge on any atom is -0.456 e. The van der Waals surface area contributed by atoms with E-state index < -0.39 is 0 Å². The molecule has 4 nitrogen and oxygen atoms in total. The molecule has 10 aromatic rings. The van der Waals surface area contributed by atoms with Crippen LogP contribution in [0.5, 0.6) is 0 Å². The lowest BCUT2D eigenvalue weighted by atomic mass is 10.0. The van der Waals surface area contributed by atoms with E-state index in [9.17, 15) is 0 Å². The highest BCUT2D eigenvalue weighted by Gasteiger charge is 2.18. The Hall–Kier alpha value is -5.87. The standard InChI is InChI=1S/C39H22N2O2/c1-3-9-26-21-32-30(19-24(26)7-1)31-20-25-8-2-4-10-27(25)22-33(31)41(32)28-15-13-23(14-16-28)39-40-38-36(43-39)18-17-35-37(38)29-11-5-6-12-34(29)42-35/h1-22H. The highest BCUT2D eigenvalue weighted by Crippen LogP contribution is 2.39. The van der Waals surface area contributed by atoms with Crippen LogP contribution in [-0.2, 0) is 0 Å². The van der Waals surface area contributed by atoms with E-state index in [1.54, 1.807) is 0 Å². The zero-order valence-electron chi connectivity index (χ0n) is 22.9. The molecule has 7 aromatic carbocycles. The van der Waals surface area contributed by atoms with Gasteiger partial charge in [0, 0.05) is 27.4 Å². The van der Waals surface area contributed by atoms with Crippen molar-refractivity contribution in [3.8, 4) is 17.1 Å². The predicted octanol–water partition coefficient (Wildman–Crippen LogP) is 10.8. The number of rotatable bonds is 2. The lowest BCUT2D eigenvalue weighted by molar-refractivity contribution is 0.619. The Balaban J connectivity index is 1.17. The van der Waals surface area contributed by atoms with Gasteiger partial charge in [-0.25, -0.2) is 4.98 Å². The molecule has 200 valence electrons. The molecule has 0 aliphatic heterocycles. The first-order chi connectivity index (χ1) is 21.3. The molecule has 0 saturated heterocycles. The Kier molecular flexibility index (Phi) is 4.42. The monoisotopic (exact) mass is 550 g/mol. The van der Waals surface area contributed by atoms with E-state index in [1.165, 1.54) is 43.4 Å². The van der Waals surface area contributed by atoms with Crippen molar-refractivity contribution in [2.45, 2.75) is 0 Å². The fraction of sp³-hybridized carbons (Fsp3) is 0. The third-order valence-electron chi connectivity index (χ3n) is 8.77. The summed E-state index contributed by atoms with van der Waals surface area (Å²) in [4.78, 5) is 4.96.